The molecule has 0 aliphatic heterocycles. The molecule has 0 atom stereocenters. The van der Waals surface area contributed by atoms with Gasteiger partial charge in [-0.25, -0.2) is 0 Å². The van der Waals surface area contributed by atoms with Crippen LogP contribution in [-0.2, 0) is 6.42 Å². The molecule has 0 N–H and O–H groups in total. The quantitative estimate of drug-likeness (QED) is 0.386. The van der Waals surface area contributed by atoms with Gasteiger partial charge < -0.3 is 0 Å². The summed E-state index contributed by atoms with van der Waals surface area (Å²) in [5, 5.41) is 0. The Balaban J connectivity index is 1.53. The lowest BCUT2D eigenvalue weighted by atomic mass is 9.76. The van der Waals surface area contributed by atoms with Crippen LogP contribution in [0.3, 0.4) is 0 Å². The molecule has 1 fully saturated rings. The van der Waals surface area contributed by atoms with Gasteiger partial charge in [-0.1, -0.05) is 68.3 Å². The molecule has 0 aromatic heterocycles. The summed E-state index contributed by atoms with van der Waals surface area (Å²) in [4.78, 5) is 11.4. The molecule has 26 heavy (non-hydrogen) atoms. The second-order valence-corrected chi connectivity index (χ2v) is 7.93. The minimum atomic E-state index is 0.151. The molecule has 1 aliphatic rings. The average Bonchev–Trinajstić information content (AvgIpc) is 2.69. The van der Waals surface area contributed by atoms with E-state index in [9.17, 15) is 4.79 Å². The molecule has 1 saturated carbocycles. The summed E-state index contributed by atoms with van der Waals surface area (Å²) in [7, 11) is 0. The number of aryl methyl sites for hydroxylation is 1. The first kappa shape index (κ1) is 18.9. The van der Waals surface area contributed by atoms with E-state index in [2.05, 4.69) is 43.3 Å². The summed E-state index contributed by atoms with van der Waals surface area (Å²) in [6.07, 6.45) is 10.2. The van der Waals surface area contributed by atoms with Crippen molar-refractivity contribution in [3.63, 3.8) is 0 Å². The highest BCUT2D eigenvalue weighted by Crippen LogP contribution is 2.40. The summed E-state index contributed by atoms with van der Waals surface area (Å²) in [6.45, 7) is 3.90. The van der Waals surface area contributed by atoms with E-state index < -0.39 is 0 Å². The summed E-state index contributed by atoms with van der Waals surface area (Å²) in [5.41, 5.74) is 5.23. The van der Waals surface area contributed by atoms with Crippen molar-refractivity contribution in [2.45, 2.75) is 77.0 Å². The largest absolute Gasteiger partial charge is 0.295 e. The smallest absolute Gasteiger partial charge is 0.159 e. The van der Waals surface area contributed by atoms with Crippen LogP contribution in [0.2, 0.25) is 0 Å². The van der Waals surface area contributed by atoms with Crippen LogP contribution in [0.1, 0.15) is 97.7 Å². The molecule has 0 unspecified atom stereocenters. The fraction of sp³-hybridized carbons (Fsp3) is 0.480. The van der Waals surface area contributed by atoms with Crippen LogP contribution in [-0.4, -0.2) is 5.78 Å². The van der Waals surface area contributed by atoms with E-state index in [0.717, 1.165) is 5.56 Å². The second-order valence-electron chi connectivity index (χ2n) is 7.93. The molecule has 1 nitrogen and oxygen atoms in total. The number of ketones is 1. The third-order valence-electron chi connectivity index (χ3n) is 6.04. The first-order valence-electron chi connectivity index (χ1n) is 10.4. The first-order valence-corrected chi connectivity index (χ1v) is 10.4. The number of Topliss-reactive ketones (excluding diaryl/α,β-unsaturated/α-hetero) is 1. The van der Waals surface area contributed by atoms with E-state index in [1.54, 1.807) is 6.92 Å². The highest BCUT2D eigenvalue weighted by molar-refractivity contribution is 5.94. The maximum atomic E-state index is 11.4. The van der Waals surface area contributed by atoms with Crippen LogP contribution in [0.4, 0.5) is 0 Å². The van der Waals surface area contributed by atoms with Gasteiger partial charge in [-0.05, 0) is 74.0 Å². The van der Waals surface area contributed by atoms with Crippen LogP contribution < -0.4 is 0 Å². The summed E-state index contributed by atoms with van der Waals surface area (Å²) < 4.78 is 0. The molecule has 1 heteroatoms. The van der Waals surface area contributed by atoms with Crippen molar-refractivity contribution in [1.29, 1.82) is 0 Å². The molecule has 2 aromatic carbocycles. The van der Waals surface area contributed by atoms with Gasteiger partial charge in [0.25, 0.3) is 0 Å². The summed E-state index contributed by atoms with van der Waals surface area (Å²) in [5.74, 6) is 1.52. The first-order chi connectivity index (χ1) is 12.7. The van der Waals surface area contributed by atoms with E-state index >= 15 is 0 Å². The van der Waals surface area contributed by atoms with E-state index in [1.165, 1.54) is 68.1 Å². The molecule has 1 aliphatic carbocycles. The minimum Gasteiger partial charge on any atom is -0.295 e. The Morgan fingerprint density at radius 1 is 0.808 bits per heavy atom. The second kappa shape index (κ2) is 9.16. The third-order valence-corrected chi connectivity index (χ3v) is 6.04. The lowest BCUT2D eigenvalue weighted by molar-refractivity contribution is 0.101. The Kier molecular flexibility index (Phi) is 6.66. The molecular weight excluding hydrogens is 316 g/mol. The predicted octanol–water partition coefficient (Wildman–Crippen LogP) is 7.06. The van der Waals surface area contributed by atoms with Gasteiger partial charge in [-0.2, -0.15) is 0 Å². The standard InChI is InChI=1S/C25H32O/c1-3-4-5-6-20-7-9-22(10-8-20)24-15-17-25(18-16-24)23-13-11-21(12-14-23)19(2)26/h7-14,24-25H,3-6,15-18H2,1-2H3/t24-,25-. The van der Waals surface area contributed by atoms with Gasteiger partial charge in [-0.15, -0.1) is 0 Å². The zero-order valence-corrected chi connectivity index (χ0v) is 16.3. The number of hydrogen-bond acceptors (Lipinski definition) is 1. The summed E-state index contributed by atoms with van der Waals surface area (Å²) in [6, 6.07) is 17.7. The van der Waals surface area contributed by atoms with Crippen molar-refractivity contribution < 1.29 is 4.79 Å². The molecule has 0 bridgehead atoms. The Bertz CT molecular complexity index is 688. The predicted molar refractivity (Wildman–Crippen MR) is 110 cm³/mol. The number of carbonyl (C=O) groups is 1. The van der Waals surface area contributed by atoms with E-state index in [1.807, 2.05) is 12.1 Å². The Morgan fingerprint density at radius 3 is 1.77 bits per heavy atom. The van der Waals surface area contributed by atoms with Gasteiger partial charge in [0.05, 0.1) is 0 Å². The molecule has 0 amide bonds. The minimum absolute atomic E-state index is 0.151. The molecule has 3 rings (SSSR count). The maximum absolute atomic E-state index is 11.4. The molecule has 0 spiro atoms. The van der Waals surface area contributed by atoms with Crippen LogP contribution >= 0.6 is 0 Å². The lowest BCUT2D eigenvalue weighted by Crippen LogP contribution is -2.12. The topological polar surface area (TPSA) is 17.1 Å². The van der Waals surface area contributed by atoms with Crippen LogP contribution in [0.15, 0.2) is 48.5 Å². The van der Waals surface area contributed by atoms with Crippen LogP contribution in [0.25, 0.3) is 0 Å². The average molecular weight is 349 g/mol. The monoisotopic (exact) mass is 348 g/mol. The number of hydrogen-bond donors (Lipinski definition) is 0. The van der Waals surface area contributed by atoms with E-state index in [0.29, 0.717) is 11.8 Å². The van der Waals surface area contributed by atoms with Crippen LogP contribution in [0.5, 0.6) is 0 Å². The fourth-order valence-electron chi connectivity index (χ4n) is 4.29. The van der Waals surface area contributed by atoms with E-state index in [4.69, 9.17) is 0 Å². The third kappa shape index (κ3) is 4.84. The molecule has 2 aromatic rings. The van der Waals surface area contributed by atoms with Crippen molar-refractivity contribution >= 4 is 5.78 Å². The van der Waals surface area contributed by atoms with Gasteiger partial charge in [0.1, 0.15) is 0 Å². The van der Waals surface area contributed by atoms with Crippen LogP contribution in [0, 0.1) is 0 Å². The number of benzene rings is 2. The van der Waals surface area contributed by atoms with Gasteiger partial charge in [-0.3, -0.25) is 4.79 Å². The molecule has 0 radical (unpaired) electrons. The maximum Gasteiger partial charge on any atom is 0.159 e. The van der Waals surface area contributed by atoms with E-state index in [-0.39, 0.29) is 5.78 Å². The number of unbranched alkanes of at least 4 members (excludes halogenated alkanes) is 2. The molecule has 0 heterocycles. The van der Waals surface area contributed by atoms with Crippen molar-refractivity contribution in [2.24, 2.45) is 0 Å². The summed E-state index contributed by atoms with van der Waals surface area (Å²) >= 11 is 0. The Labute approximate surface area is 158 Å². The SMILES string of the molecule is CCCCCc1ccc([C@H]2CC[C@H](c3ccc(C(C)=O)cc3)CC2)cc1. The van der Waals surface area contributed by atoms with Crippen molar-refractivity contribution in [3.05, 3.63) is 70.8 Å². The molecule has 0 saturated heterocycles. The lowest BCUT2D eigenvalue weighted by Gasteiger charge is -2.29. The fourth-order valence-corrected chi connectivity index (χ4v) is 4.29. The number of carbonyl (C=O) groups excluding carboxylic acids is 1. The molecule has 138 valence electrons. The van der Waals surface area contributed by atoms with Crippen molar-refractivity contribution in [1.82, 2.24) is 0 Å². The normalized spacial score (nSPS) is 20.1. The Morgan fingerprint density at radius 2 is 1.31 bits per heavy atom. The highest BCUT2D eigenvalue weighted by Gasteiger charge is 2.23. The van der Waals surface area contributed by atoms with Gasteiger partial charge >= 0.3 is 0 Å². The number of rotatable bonds is 7. The van der Waals surface area contributed by atoms with Gasteiger partial charge in [0, 0.05) is 5.56 Å². The van der Waals surface area contributed by atoms with Gasteiger partial charge in [0.2, 0.25) is 0 Å². The zero-order valence-electron chi connectivity index (χ0n) is 16.3. The Hall–Kier alpha value is -1.89. The molecular formula is C25H32O. The van der Waals surface area contributed by atoms with Gasteiger partial charge in [0.15, 0.2) is 5.78 Å². The van der Waals surface area contributed by atoms with Crippen molar-refractivity contribution in [2.75, 3.05) is 0 Å². The zero-order chi connectivity index (χ0) is 18.4. The van der Waals surface area contributed by atoms with Crippen molar-refractivity contribution in [3.8, 4) is 0 Å². The highest BCUT2D eigenvalue weighted by atomic mass is 16.1.